The molecule has 1 aliphatic heterocycles. The van der Waals surface area contributed by atoms with E-state index >= 15 is 0 Å². The highest BCUT2D eigenvalue weighted by Crippen LogP contribution is 2.27. The second kappa shape index (κ2) is 6.90. The molecule has 0 amide bonds. The summed E-state index contributed by atoms with van der Waals surface area (Å²) in [5.74, 6) is 2.03. The number of aromatic nitrogens is 1. The highest BCUT2D eigenvalue weighted by molar-refractivity contribution is 5.50. The van der Waals surface area contributed by atoms with Crippen LogP contribution in [0.4, 0.5) is 5.82 Å². The first-order chi connectivity index (χ1) is 9.26. The zero-order chi connectivity index (χ0) is 13.7. The second-order valence-electron chi connectivity index (χ2n) is 5.71. The number of rotatable bonds is 4. The van der Waals surface area contributed by atoms with E-state index in [2.05, 4.69) is 29.8 Å². The van der Waals surface area contributed by atoms with Crippen molar-refractivity contribution in [2.24, 2.45) is 11.7 Å². The molecule has 0 saturated carbocycles. The van der Waals surface area contributed by atoms with Gasteiger partial charge in [-0.3, -0.25) is 0 Å². The fourth-order valence-corrected chi connectivity index (χ4v) is 3.17. The molecule has 0 spiro atoms. The normalized spacial score (nSPS) is 20.4. The maximum absolute atomic E-state index is 5.91. The van der Waals surface area contributed by atoms with Crippen LogP contribution in [0.15, 0.2) is 12.3 Å². The van der Waals surface area contributed by atoms with Gasteiger partial charge in [-0.05, 0) is 43.7 Å². The molecule has 2 N–H and O–H groups in total. The molecule has 1 aromatic heterocycles. The molecule has 3 nitrogen and oxygen atoms in total. The number of aryl methyl sites for hydroxylation is 1. The first-order valence-corrected chi connectivity index (χ1v) is 7.65. The SMILES string of the molecule is CCCC1CCCN(c2nccc(C)c2CN)CC1. The summed E-state index contributed by atoms with van der Waals surface area (Å²) in [7, 11) is 0. The third-order valence-corrected chi connectivity index (χ3v) is 4.32. The molecule has 0 bridgehead atoms. The van der Waals surface area contributed by atoms with E-state index in [0.29, 0.717) is 6.54 Å². The van der Waals surface area contributed by atoms with Gasteiger partial charge in [-0.15, -0.1) is 0 Å². The van der Waals surface area contributed by atoms with Gasteiger partial charge in [-0.25, -0.2) is 4.98 Å². The summed E-state index contributed by atoms with van der Waals surface area (Å²) in [4.78, 5) is 7.04. The minimum Gasteiger partial charge on any atom is -0.356 e. The number of anilines is 1. The second-order valence-corrected chi connectivity index (χ2v) is 5.71. The zero-order valence-corrected chi connectivity index (χ0v) is 12.4. The average Bonchev–Trinajstić information content (AvgIpc) is 2.64. The lowest BCUT2D eigenvalue weighted by atomic mass is 9.96. The topological polar surface area (TPSA) is 42.2 Å². The minimum absolute atomic E-state index is 0.587. The van der Waals surface area contributed by atoms with Crippen LogP contribution in [-0.2, 0) is 6.54 Å². The molecular weight excluding hydrogens is 234 g/mol. The predicted molar refractivity (Wildman–Crippen MR) is 81.3 cm³/mol. The van der Waals surface area contributed by atoms with Gasteiger partial charge in [-0.1, -0.05) is 19.8 Å². The molecule has 19 heavy (non-hydrogen) atoms. The highest BCUT2D eigenvalue weighted by Gasteiger charge is 2.19. The van der Waals surface area contributed by atoms with Gasteiger partial charge in [0.25, 0.3) is 0 Å². The Bertz CT molecular complexity index is 403. The molecule has 1 unspecified atom stereocenters. The number of nitrogens with zero attached hydrogens (tertiary/aromatic N) is 2. The van der Waals surface area contributed by atoms with Crippen LogP contribution in [0.2, 0.25) is 0 Å². The Balaban J connectivity index is 2.12. The summed E-state index contributed by atoms with van der Waals surface area (Å²) in [6, 6.07) is 2.06. The summed E-state index contributed by atoms with van der Waals surface area (Å²) in [6.45, 7) is 7.27. The van der Waals surface area contributed by atoms with E-state index in [4.69, 9.17) is 5.73 Å². The lowest BCUT2D eigenvalue weighted by Crippen LogP contribution is -2.27. The van der Waals surface area contributed by atoms with E-state index in [0.717, 1.165) is 24.8 Å². The number of hydrogen-bond acceptors (Lipinski definition) is 3. The third-order valence-electron chi connectivity index (χ3n) is 4.32. The van der Waals surface area contributed by atoms with E-state index in [9.17, 15) is 0 Å². The van der Waals surface area contributed by atoms with Crippen LogP contribution in [-0.4, -0.2) is 18.1 Å². The Kier molecular flexibility index (Phi) is 5.20. The van der Waals surface area contributed by atoms with Crippen molar-refractivity contribution in [2.75, 3.05) is 18.0 Å². The molecule has 1 aromatic rings. The lowest BCUT2D eigenvalue weighted by molar-refractivity contribution is 0.435. The van der Waals surface area contributed by atoms with Crippen molar-refractivity contribution < 1.29 is 0 Å². The van der Waals surface area contributed by atoms with Crippen LogP contribution in [0, 0.1) is 12.8 Å². The van der Waals surface area contributed by atoms with Crippen LogP contribution < -0.4 is 10.6 Å². The van der Waals surface area contributed by atoms with Crippen LogP contribution in [0.5, 0.6) is 0 Å². The molecule has 0 aromatic carbocycles. The predicted octanol–water partition coefficient (Wildman–Crippen LogP) is 3.26. The van der Waals surface area contributed by atoms with Crippen molar-refractivity contribution in [2.45, 2.75) is 52.5 Å². The number of pyridine rings is 1. The first-order valence-electron chi connectivity index (χ1n) is 7.65. The summed E-state index contributed by atoms with van der Waals surface area (Å²) in [5, 5.41) is 0. The van der Waals surface area contributed by atoms with E-state index in [1.807, 2.05) is 6.20 Å². The largest absolute Gasteiger partial charge is 0.356 e. The van der Waals surface area contributed by atoms with Crippen molar-refractivity contribution in [1.82, 2.24) is 4.98 Å². The van der Waals surface area contributed by atoms with Crippen LogP contribution in [0.1, 0.15) is 50.2 Å². The van der Waals surface area contributed by atoms with Gasteiger partial charge >= 0.3 is 0 Å². The lowest BCUT2D eigenvalue weighted by Gasteiger charge is -2.25. The van der Waals surface area contributed by atoms with E-state index in [-0.39, 0.29) is 0 Å². The molecule has 2 rings (SSSR count). The molecule has 3 heteroatoms. The van der Waals surface area contributed by atoms with Gasteiger partial charge in [0, 0.05) is 31.4 Å². The molecule has 106 valence electrons. The maximum atomic E-state index is 5.91. The monoisotopic (exact) mass is 261 g/mol. The van der Waals surface area contributed by atoms with Crippen molar-refractivity contribution in [3.63, 3.8) is 0 Å². The Morgan fingerprint density at radius 3 is 2.95 bits per heavy atom. The average molecular weight is 261 g/mol. The van der Waals surface area contributed by atoms with Gasteiger partial charge in [0.15, 0.2) is 0 Å². The van der Waals surface area contributed by atoms with Gasteiger partial charge in [0.1, 0.15) is 5.82 Å². The molecule has 0 aliphatic carbocycles. The standard InChI is InChI=1S/C16H27N3/c1-3-5-14-6-4-10-19(11-8-14)16-15(12-17)13(2)7-9-18-16/h7,9,14H,3-6,8,10-12,17H2,1-2H3. The quantitative estimate of drug-likeness (QED) is 0.904. The van der Waals surface area contributed by atoms with Gasteiger partial charge < -0.3 is 10.6 Å². The van der Waals surface area contributed by atoms with Crippen molar-refractivity contribution in [3.8, 4) is 0 Å². The summed E-state index contributed by atoms with van der Waals surface area (Å²) in [5.41, 5.74) is 8.39. The molecule has 1 saturated heterocycles. The third kappa shape index (κ3) is 3.47. The van der Waals surface area contributed by atoms with Gasteiger partial charge in [-0.2, -0.15) is 0 Å². The Morgan fingerprint density at radius 2 is 2.21 bits per heavy atom. The Hall–Kier alpha value is -1.09. The smallest absolute Gasteiger partial charge is 0.133 e. The fraction of sp³-hybridized carbons (Fsp3) is 0.688. The first kappa shape index (κ1) is 14.3. The van der Waals surface area contributed by atoms with Gasteiger partial charge in [0.2, 0.25) is 0 Å². The number of hydrogen-bond donors (Lipinski definition) is 1. The molecule has 1 fully saturated rings. The van der Waals surface area contributed by atoms with E-state index in [1.165, 1.54) is 43.2 Å². The maximum Gasteiger partial charge on any atom is 0.133 e. The summed E-state index contributed by atoms with van der Waals surface area (Å²) < 4.78 is 0. The molecular formula is C16H27N3. The molecule has 2 heterocycles. The molecule has 1 aliphatic rings. The van der Waals surface area contributed by atoms with Crippen molar-refractivity contribution >= 4 is 5.82 Å². The van der Waals surface area contributed by atoms with Crippen molar-refractivity contribution in [1.29, 1.82) is 0 Å². The Morgan fingerprint density at radius 1 is 1.37 bits per heavy atom. The minimum atomic E-state index is 0.587. The highest BCUT2D eigenvalue weighted by atomic mass is 15.2. The number of nitrogens with two attached hydrogens (primary N) is 1. The van der Waals surface area contributed by atoms with Crippen molar-refractivity contribution in [3.05, 3.63) is 23.4 Å². The van der Waals surface area contributed by atoms with Crippen LogP contribution >= 0.6 is 0 Å². The van der Waals surface area contributed by atoms with Crippen LogP contribution in [0.25, 0.3) is 0 Å². The van der Waals surface area contributed by atoms with Gasteiger partial charge in [0.05, 0.1) is 0 Å². The Labute approximate surface area is 117 Å². The molecule has 1 atom stereocenters. The molecule has 0 radical (unpaired) electrons. The summed E-state index contributed by atoms with van der Waals surface area (Å²) in [6.07, 6.45) is 8.55. The van der Waals surface area contributed by atoms with Crippen LogP contribution in [0.3, 0.4) is 0 Å². The summed E-state index contributed by atoms with van der Waals surface area (Å²) >= 11 is 0. The van der Waals surface area contributed by atoms with E-state index in [1.54, 1.807) is 0 Å². The van der Waals surface area contributed by atoms with E-state index < -0.39 is 0 Å². The zero-order valence-electron chi connectivity index (χ0n) is 12.4. The fourth-order valence-electron chi connectivity index (χ4n) is 3.17.